The Morgan fingerprint density at radius 1 is 0.172 bits per heavy atom. The monoisotopic (exact) mass is 1310 g/mol. The number of rotatable bonds is 83. The molecular formula is C87H170O6. The van der Waals surface area contributed by atoms with E-state index in [4.69, 9.17) is 14.2 Å². The molecule has 0 unspecified atom stereocenters. The Labute approximate surface area is 584 Å². The third-order valence-corrected chi connectivity index (χ3v) is 20.6. The Kier molecular flexibility index (Phi) is 81.4. The average Bonchev–Trinajstić information content (AvgIpc) is 3.74. The summed E-state index contributed by atoms with van der Waals surface area (Å²) < 4.78 is 17.2. The molecule has 0 aliphatic rings. The minimum Gasteiger partial charge on any atom is -0.462 e. The zero-order valence-corrected chi connectivity index (χ0v) is 64.1. The minimum atomic E-state index is -0.766. The Bertz CT molecular complexity index is 1340. The standard InChI is InChI=1S/C87H170O6/c1-4-7-10-13-16-19-22-25-28-31-34-37-40-43-46-49-52-55-58-61-64-67-70-73-76-79-85(88)91-82-84(93-87(90)81-78-75-72-69-66-63-60-57-54-51-48-45-42-39-36-33-30-27-24-21-18-15-12-9-6-3)83-92-86(89)80-77-74-71-68-65-62-59-56-53-50-47-44-41-38-35-32-29-26-23-20-17-14-11-8-5-2/h84H,4-83H2,1-3H3. The summed E-state index contributed by atoms with van der Waals surface area (Å²) >= 11 is 0. The minimum absolute atomic E-state index is 0.0592. The van der Waals surface area contributed by atoms with E-state index in [0.717, 1.165) is 57.8 Å². The van der Waals surface area contributed by atoms with Crippen LogP contribution in [0, 0.1) is 0 Å². The Morgan fingerprint density at radius 3 is 0.430 bits per heavy atom. The Hall–Kier alpha value is -1.59. The maximum absolute atomic E-state index is 13.1. The van der Waals surface area contributed by atoms with Gasteiger partial charge in [-0.05, 0) is 19.3 Å². The van der Waals surface area contributed by atoms with Gasteiger partial charge in [-0.2, -0.15) is 0 Å². The molecule has 554 valence electrons. The van der Waals surface area contributed by atoms with E-state index in [9.17, 15) is 14.4 Å². The highest BCUT2D eigenvalue weighted by atomic mass is 16.6. The molecule has 0 aromatic rings. The number of carbonyl (C=O) groups excluding carboxylic acids is 3. The van der Waals surface area contributed by atoms with Gasteiger partial charge >= 0.3 is 17.9 Å². The molecule has 6 nitrogen and oxygen atoms in total. The molecule has 0 aromatic heterocycles. The van der Waals surface area contributed by atoms with Crippen molar-refractivity contribution in [2.24, 2.45) is 0 Å². The topological polar surface area (TPSA) is 78.9 Å². The van der Waals surface area contributed by atoms with Gasteiger partial charge in [-0.1, -0.05) is 483 Å². The fourth-order valence-electron chi connectivity index (χ4n) is 14.1. The van der Waals surface area contributed by atoms with Crippen LogP contribution in [0.25, 0.3) is 0 Å². The van der Waals surface area contributed by atoms with Crippen LogP contribution in [-0.4, -0.2) is 37.2 Å². The predicted molar refractivity (Wildman–Crippen MR) is 409 cm³/mol. The molecule has 0 aromatic carbocycles. The molecule has 0 radical (unpaired) electrons. The summed E-state index contributed by atoms with van der Waals surface area (Å²) in [6.07, 6.45) is 102. The van der Waals surface area contributed by atoms with E-state index >= 15 is 0 Å². The number of hydrogen-bond donors (Lipinski definition) is 0. The summed E-state index contributed by atoms with van der Waals surface area (Å²) in [5.74, 6) is -0.805. The molecule has 0 bridgehead atoms. The largest absolute Gasteiger partial charge is 0.462 e. The maximum atomic E-state index is 13.1. The first-order valence-electron chi connectivity index (χ1n) is 43.5. The first-order chi connectivity index (χ1) is 46.0. The van der Waals surface area contributed by atoms with Crippen LogP contribution in [0.4, 0.5) is 0 Å². The smallest absolute Gasteiger partial charge is 0.306 e. The molecule has 0 spiro atoms. The van der Waals surface area contributed by atoms with E-state index in [1.807, 2.05) is 0 Å². The first kappa shape index (κ1) is 91.4. The molecular weight excluding hydrogens is 1140 g/mol. The third kappa shape index (κ3) is 81.0. The lowest BCUT2D eigenvalue weighted by molar-refractivity contribution is -0.167. The molecule has 0 heterocycles. The summed E-state index contributed by atoms with van der Waals surface area (Å²) in [4.78, 5) is 38.8. The van der Waals surface area contributed by atoms with E-state index < -0.39 is 6.10 Å². The summed E-state index contributed by atoms with van der Waals surface area (Å²) in [5.41, 5.74) is 0. The molecule has 0 atom stereocenters. The summed E-state index contributed by atoms with van der Waals surface area (Å²) in [6.45, 7) is 6.78. The quantitative estimate of drug-likeness (QED) is 0.0343. The van der Waals surface area contributed by atoms with Gasteiger partial charge in [-0.3, -0.25) is 14.4 Å². The highest BCUT2D eigenvalue weighted by Gasteiger charge is 2.20. The highest BCUT2D eigenvalue weighted by Crippen LogP contribution is 2.21. The zero-order valence-electron chi connectivity index (χ0n) is 64.1. The van der Waals surface area contributed by atoms with E-state index in [-0.39, 0.29) is 31.1 Å². The molecule has 93 heavy (non-hydrogen) atoms. The first-order valence-corrected chi connectivity index (χ1v) is 43.5. The Balaban J connectivity index is 4.24. The van der Waals surface area contributed by atoms with Crippen LogP contribution >= 0.6 is 0 Å². The normalized spacial score (nSPS) is 11.6. The summed E-state index contributed by atoms with van der Waals surface area (Å²) in [5, 5.41) is 0. The number of carbonyl (C=O) groups is 3. The van der Waals surface area contributed by atoms with Gasteiger partial charge in [0, 0.05) is 19.3 Å². The van der Waals surface area contributed by atoms with Crippen LogP contribution in [0.5, 0.6) is 0 Å². The number of esters is 3. The lowest BCUT2D eigenvalue weighted by Crippen LogP contribution is -2.30. The highest BCUT2D eigenvalue weighted by molar-refractivity contribution is 5.71. The molecule has 0 aliphatic carbocycles. The van der Waals surface area contributed by atoms with E-state index in [2.05, 4.69) is 20.8 Å². The number of ether oxygens (including phenoxy) is 3. The van der Waals surface area contributed by atoms with Gasteiger partial charge in [-0.15, -0.1) is 0 Å². The van der Waals surface area contributed by atoms with Gasteiger partial charge in [0.2, 0.25) is 0 Å². The lowest BCUT2D eigenvalue weighted by atomic mass is 10.0. The van der Waals surface area contributed by atoms with Gasteiger partial charge in [0.15, 0.2) is 6.10 Å². The number of unbranched alkanes of at least 4 members (excludes halogenated alkanes) is 72. The molecule has 0 saturated heterocycles. The third-order valence-electron chi connectivity index (χ3n) is 20.6. The van der Waals surface area contributed by atoms with Crippen molar-refractivity contribution in [3.63, 3.8) is 0 Å². The van der Waals surface area contributed by atoms with Crippen molar-refractivity contribution in [1.29, 1.82) is 0 Å². The maximum Gasteiger partial charge on any atom is 0.306 e. The predicted octanol–water partition coefficient (Wildman–Crippen LogP) is 30.5. The van der Waals surface area contributed by atoms with Crippen molar-refractivity contribution in [2.45, 2.75) is 528 Å². The van der Waals surface area contributed by atoms with Gasteiger partial charge in [0.25, 0.3) is 0 Å². The summed E-state index contributed by atoms with van der Waals surface area (Å²) in [6, 6.07) is 0. The fraction of sp³-hybridized carbons (Fsp3) is 0.966. The van der Waals surface area contributed by atoms with Gasteiger partial charge < -0.3 is 14.2 Å². The lowest BCUT2D eigenvalue weighted by Gasteiger charge is -2.18. The molecule has 0 N–H and O–H groups in total. The van der Waals surface area contributed by atoms with Crippen molar-refractivity contribution in [2.75, 3.05) is 13.2 Å². The second-order valence-corrected chi connectivity index (χ2v) is 30.2. The Morgan fingerprint density at radius 2 is 0.290 bits per heavy atom. The van der Waals surface area contributed by atoms with E-state index in [1.54, 1.807) is 0 Å². The molecule has 0 rings (SSSR count). The van der Waals surface area contributed by atoms with Crippen LogP contribution in [0.3, 0.4) is 0 Å². The van der Waals surface area contributed by atoms with E-state index in [0.29, 0.717) is 19.3 Å². The van der Waals surface area contributed by atoms with Gasteiger partial charge in [-0.25, -0.2) is 0 Å². The molecule has 0 saturated carbocycles. The van der Waals surface area contributed by atoms with Crippen molar-refractivity contribution in [3.8, 4) is 0 Å². The zero-order chi connectivity index (χ0) is 67.0. The average molecular weight is 1310 g/mol. The molecule has 0 amide bonds. The van der Waals surface area contributed by atoms with Crippen LogP contribution in [0.1, 0.15) is 522 Å². The second-order valence-electron chi connectivity index (χ2n) is 30.2. The summed E-state index contributed by atoms with van der Waals surface area (Å²) in [7, 11) is 0. The second kappa shape index (κ2) is 82.8. The van der Waals surface area contributed by atoms with Crippen molar-refractivity contribution in [3.05, 3.63) is 0 Å². The van der Waals surface area contributed by atoms with Gasteiger partial charge in [0.1, 0.15) is 13.2 Å². The molecule has 6 heteroatoms. The van der Waals surface area contributed by atoms with Crippen molar-refractivity contribution >= 4 is 17.9 Å². The fourth-order valence-corrected chi connectivity index (χ4v) is 14.1. The van der Waals surface area contributed by atoms with Crippen LogP contribution in [-0.2, 0) is 28.6 Å². The van der Waals surface area contributed by atoms with Crippen molar-refractivity contribution in [1.82, 2.24) is 0 Å². The SMILES string of the molecule is CCCCCCCCCCCCCCCCCCCCCCCCCCCC(=O)OCC(COC(=O)CCCCCCCCCCCCCCCCCCCCCCCCCCC)OC(=O)CCCCCCCCCCCCCCCCCCCCCCCCCCC. The molecule has 0 aliphatic heterocycles. The van der Waals surface area contributed by atoms with Gasteiger partial charge in [0.05, 0.1) is 0 Å². The number of hydrogen-bond acceptors (Lipinski definition) is 6. The van der Waals surface area contributed by atoms with Crippen LogP contribution in [0.15, 0.2) is 0 Å². The van der Waals surface area contributed by atoms with E-state index in [1.165, 1.54) is 424 Å². The van der Waals surface area contributed by atoms with Crippen LogP contribution < -0.4 is 0 Å². The van der Waals surface area contributed by atoms with Crippen molar-refractivity contribution < 1.29 is 28.6 Å². The van der Waals surface area contributed by atoms with Crippen LogP contribution in [0.2, 0.25) is 0 Å². The molecule has 0 fully saturated rings.